The van der Waals surface area contributed by atoms with Crippen molar-refractivity contribution >= 4 is 17.2 Å². The van der Waals surface area contributed by atoms with Gasteiger partial charge in [0.25, 0.3) is 0 Å². The minimum absolute atomic E-state index is 0.0622. The predicted octanol–water partition coefficient (Wildman–Crippen LogP) is 3.84. The highest BCUT2D eigenvalue weighted by Crippen LogP contribution is 2.37. The Balaban J connectivity index is 1.90. The zero-order chi connectivity index (χ0) is 15.0. The van der Waals surface area contributed by atoms with E-state index >= 15 is 0 Å². The Morgan fingerprint density at radius 2 is 1.95 bits per heavy atom. The molecule has 4 heteroatoms. The number of nitrogens with one attached hydrogen (secondary N) is 1. The topological polar surface area (TPSA) is 32.3 Å². The Labute approximate surface area is 131 Å². The number of rotatable bonds is 2. The average molecular weight is 306 g/mol. The Morgan fingerprint density at radius 1 is 1.19 bits per heavy atom. The molecule has 2 heterocycles. The van der Waals surface area contributed by atoms with Gasteiger partial charge in [-0.3, -0.25) is 10.1 Å². The Morgan fingerprint density at radius 3 is 2.67 bits per heavy atom. The standard InChI is InChI=1S/C17H26N2OS/c1-11-7-5-4-6-8-14(11)19-16(18-13(3)17(19)20)15-10-9-12(2)21-15/h9-11,13-14,16,18H,4-8H2,1-3H3. The van der Waals surface area contributed by atoms with Crippen LogP contribution in [0.3, 0.4) is 0 Å². The highest BCUT2D eigenvalue weighted by molar-refractivity contribution is 7.12. The third-order valence-corrected chi connectivity index (χ3v) is 6.07. The molecule has 116 valence electrons. The van der Waals surface area contributed by atoms with Crippen molar-refractivity contribution in [3.63, 3.8) is 0 Å². The quantitative estimate of drug-likeness (QED) is 0.842. The first kappa shape index (κ1) is 15.0. The van der Waals surface area contributed by atoms with E-state index in [0.717, 1.165) is 6.42 Å². The van der Waals surface area contributed by atoms with E-state index in [1.807, 2.05) is 6.92 Å². The first-order chi connectivity index (χ1) is 10.1. The van der Waals surface area contributed by atoms with Crippen molar-refractivity contribution in [1.82, 2.24) is 10.2 Å². The summed E-state index contributed by atoms with van der Waals surface area (Å²) in [5.74, 6) is 0.886. The fourth-order valence-electron chi connectivity index (χ4n) is 3.80. The smallest absolute Gasteiger partial charge is 0.241 e. The van der Waals surface area contributed by atoms with Crippen molar-refractivity contribution in [1.29, 1.82) is 0 Å². The molecular weight excluding hydrogens is 280 g/mol. The lowest BCUT2D eigenvalue weighted by atomic mass is 9.95. The van der Waals surface area contributed by atoms with Gasteiger partial charge in [-0.25, -0.2) is 0 Å². The third-order valence-electron chi connectivity index (χ3n) is 5.02. The number of thiophene rings is 1. The van der Waals surface area contributed by atoms with Gasteiger partial charge in [0, 0.05) is 15.8 Å². The molecule has 0 radical (unpaired) electrons. The molecule has 0 spiro atoms. The van der Waals surface area contributed by atoms with Gasteiger partial charge in [0.2, 0.25) is 5.91 Å². The summed E-state index contributed by atoms with van der Waals surface area (Å²) in [5, 5.41) is 3.51. The van der Waals surface area contributed by atoms with Gasteiger partial charge in [-0.1, -0.05) is 26.2 Å². The SMILES string of the molecule is Cc1ccc(C2NC(C)C(=O)N2C2CCCCCC2C)s1. The van der Waals surface area contributed by atoms with E-state index < -0.39 is 0 Å². The van der Waals surface area contributed by atoms with Gasteiger partial charge in [-0.15, -0.1) is 11.3 Å². The van der Waals surface area contributed by atoms with Crippen LogP contribution in [0.25, 0.3) is 0 Å². The van der Waals surface area contributed by atoms with Crippen LogP contribution in [-0.4, -0.2) is 22.9 Å². The van der Waals surface area contributed by atoms with Crippen LogP contribution in [0.1, 0.15) is 61.9 Å². The second kappa shape index (κ2) is 6.09. The zero-order valence-electron chi connectivity index (χ0n) is 13.3. The lowest BCUT2D eigenvalue weighted by molar-refractivity contribution is -0.133. The van der Waals surface area contributed by atoms with Gasteiger partial charge < -0.3 is 4.90 Å². The molecule has 3 rings (SSSR count). The van der Waals surface area contributed by atoms with E-state index in [1.165, 1.54) is 35.4 Å². The molecule has 0 aromatic carbocycles. The third kappa shape index (κ3) is 2.88. The molecule has 1 N–H and O–H groups in total. The highest BCUT2D eigenvalue weighted by Gasteiger charge is 2.43. The first-order valence-electron chi connectivity index (χ1n) is 8.22. The molecule has 2 fully saturated rings. The van der Waals surface area contributed by atoms with Crippen molar-refractivity contribution < 1.29 is 4.79 Å². The van der Waals surface area contributed by atoms with Crippen molar-refractivity contribution in [2.24, 2.45) is 5.92 Å². The summed E-state index contributed by atoms with van der Waals surface area (Å²) in [7, 11) is 0. The van der Waals surface area contributed by atoms with E-state index in [4.69, 9.17) is 0 Å². The summed E-state index contributed by atoms with van der Waals surface area (Å²) < 4.78 is 0. The Hall–Kier alpha value is -0.870. The van der Waals surface area contributed by atoms with Crippen LogP contribution < -0.4 is 5.32 Å². The zero-order valence-corrected chi connectivity index (χ0v) is 14.1. The van der Waals surface area contributed by atoms with Crippen LogP contribution in [-0.2, 0) is 4.79 Å². The van der Waals surface area contributed by atoms with E-state index in [-0.39, 0.29) is 18.1 Å². The summed E-state index contributed by atoms with van der Waals surface area (Å²) in [4.78, 5) is 17.5. The number of aryl methyl sites for hydroxylation is 1. The molecule has 1 saturated heterocycles. The lowest BCUT2D eigenvalue weighted by Crippen LogP contribution is -2.43. The molecule has 2 aliphatic rings. The average Bonchev–Trinajstić information content (AvgIpc) is 2.92. The fourth-order valence-corrected chi connectivity index (χ4v) is 4.74. The summed E-state index contributed by atoms with van der Waals surface area (Å²) in [5.41, 5.74) is 0. The number of nitrogens with zero attached hydrogens (tertiary/aromatic N) is 1. The molecule has 4 unspecified atom stereocenters. The van der Waals surface area contributed by atoms with Gasteiger partial charge >= 0.3 is 0 Å². The number of carbonyl (C=O) groups excluding carboxylic acids is 1. The first-order valence-corrected chi connectivity index (χ1v) is 9.04. The Kier molecular flexibility index (Phi) is 4.36. The summed E-state index contributed by atoms with van der Waals surface area (Å²) in [6.45, 7) is 6.45. The molecule has 0 bridgehead atoms. The molecule has 4 atom stereocenters. The second-order valence-electron chi connectivity index (χ2n) is 6.67. The molecule has 3 nitrogen and oxygen atoms in total. The fraction of sp³-hybridized carbons (Fsp3) is 0.706. The second-order valence-corrected chi connectivity index (χ2v) is 7.99. The number of hydrogen-bond donors (Lipinski definition) is 1. The van der Waals surface area contributed by atoms with Gasteiger partial charge in [-0.2, -0.15) is 0 Å². The molecule has 1 amide bonds. The van der Waals surface area contributed by atoms with E-state index in [9.17, 15) is 4.79 Å². The molecule has 1 aliphatic carbocycles. The monoisotopic (exact) mass is 306 g/mol. The lowest BCUT2D eigenvalue weighted by Gasteiger charge is -2.35. The molecule has 1 saturated carbocycles. The van der Waals surface area contributed by atoms with Crippen LogP contribution in [0.15, 0.2) is 12.1 Å². The van der Waals surface area contributed by atoms with Crippen LogP contribution in [0.4, 0.5) is 0 Å². The van der Waals surface area contributed by atoms with Crippen LogP contribution in [0.5, 0.6) is 0 Å². The number of hydrogen-bond acceptors (Lipinski definition) is 3. The Bertz CT molecular complexity index is 513. The normalized spacial score (nSPS) is 34.2. The largest absolute Gasteiger partial charge is 0.317 e. The van der Waals surface area contributed by atoms with Gasteiger partial charge in [0.05, 0.1) is 6.04 Å². The molecule has 1 aliphatic heterocycles. The molecule has 1 aromatic rings. The van der Waals surface area contributed by atoms with Crippen molar-refractivity contribution in [3.8, 4) is 0 Å². The van der Waals surface area contributed by atoms with E-state index in [2.05, 4.69) is 36.2 Å². The van der Waals surface area contributed by atoms with Gasteiger partial charge in [0.15, 0.2) is 0 Å². The molecular formula is C17H26N2OS. The minimum atomic E-state index is -0.0622. The van der Waals surface area contributed by atoms with Crippen LogP contribution >= 0.6 is 11.3 Å². The molecule has 1 aromatic heterocycles. The van der Waals surface area contributed by atoms with Crippen molar-refractivity contribution in [3.05, 3.63) is 21.9 Å². The minimum Gasteiger partial charge on any atom is -0.317 e. The maximum absolute atomic E-state index is 12.7. The summed E-state index contributed by atoms with van der Waals surface area (Å²) >= 11 is 1.81. The maximum atomic E-state index is 12.7. The van der Waals surface area contributed by atoms with Crippen LogP contribution in [0, 0.1) is 12.8 Å². The summed E-state index contributed by atoms with van der Waals surface area (Å²) in [6.07, 6.45) is 6.36. The predicted molar refractivity (Wildman–Crippen MR) is 87.3 cm³/mol. The molecule has 21 heavy (non-hydrogen) atoms. The van der Waals surface area contributed by atoms with Gasteiger partial charge in [0.1, 0.15) is 6.17 Å². The van der Waals surface area contributed by atoms with E-state index in [1.54, 1.807) is 11.3 Å². The van der Waals surface area contributed by atoms with Gasteiger partial charge in [-0.05, 0) is 44.7 Å². The van der Waals surface area contributed by atoms with Crippen molar-refractivity contribution in [2.45, 2.75) is 71.1 Å². The maximum Gasteiger partial charge on any atom is 0.241 e. The number of amides is 1. The van der Waals surface area contributed by atoms with Crippen LogP contribution in [0.2, 0.25) is 0 Å². The highest BCUT2D eigenvalue weighted by atomic mass is 32.1. The number of carbonyl (C=O) groups is 1. The van der Waals surface area contributed by atoms with E-state index in [0.29, 0.717) is 12.0 Å². The summed E-state index contributed by atoms with van der Waals surface area (Å²) in [6, 6.07) is 4.67. The van der Waals surface area contributed by atoms with Crippen molar-refractivity contribution in [2.75, 3.05) is 0 Å².